The van der Waals surface area contributed by atoms with Crippen molar-refractivity contribution in [3.8, 4) is 0 Å². The second kappa shape index (κ2) is 4.45. The van der Waals surface area contributed by atoms with Gasteiger partial charge < -0.3 is 14.2 Å². The number of fused-ring (bicyclic) bond motifs is 2. The summed E-state index contributed by atoms with van der Waals surface area (Å²) in [4.78, 5) is 35.6. The zero-order chi connectivity index (χ0) is 16.5. The lowest BCUT2D eigenvalue weighted by atomic mass is 9.79. The zero-order valence-corrected chi connectivity index (χ0v) is 13.2. The Bertz CT molecular complexity index is 849. The summed E-state index contributed by atoms with van der Waals surface area (Å²) < 4.78 is 5.70. The minimum atomic E-state index is -0.882. The smallest absolute Gasteiger partial charge is 0.332 e. The topological polar surface area (TPSA) is 69.9 Å². The molecular formula is C17H16N4O3. The van der Waals surface area contributed by atoms with Crippen LogP contribution in [-0.2, 0) is 11.3 Å². The molecule has 0 bridgehead atoms. The molecule has 0 saturated carbocycles. The summed E-state index contributed by atoms with van der Waals surface area (Å²) in [6.45, 7) is 1.60. The first kappa shape index (κ1) is 13.7. The van der Waals surface area contributed by atoms with Crippen molar-refractivity contribution >= 4 is 17.6 Å². The summed E-state index contributed by atoms with van der Waals surface area (Å²) in [6.07, 6.45) is 4.82. The molecule has 122 valence electrons. The van der Waals surface area contributed by atoms with Crippen LogP contribution < -0.4 is 4.90 Å². The average Bonchev–Trinajstić information content (AvgIpc) is 3.22. The number of pyridine rings is 1. The predicted octanol–water partition coefficient (Wildman–Crippen LogP) is 1.42. The van der Waals surface area contributed by atoms with Crippen LogP contribution in [0.4, 0.5) is 10.5 Å². The molecule has 2 fully saturated rings. The normalized spacial score (nSPS) is 29.0. The molecule has 0 unspecified atom stereocenters. The number of nitrogens with zero attached hydrogens (tertiary/aromatic N) is 4. The molecule has 3 aliphatic rings. The molecule has 3 amide bonds. The third kappa shape index (κ3) is 1.48. The molecule has 5 rings (SSSR count). The van der Waals surface area contributed by atoms with Crippen LogP contribution in [0.2, 0.25) is 0 Å². The summed E-state index contributed by atoms with van der Waals surface area (Å²) in [5.74, 6) is 0.515. The summed E-state index contributed by atoms with van der Waals surface area (Å²) in [5, 5.41) is 0. The molecule has 7 nitrogen and oxygen atoms in total. The van der Waals surface area contributed by atoms with Gasteiger partial charge in [-0.2, -0.15) is 0 Å². The minimum Gasteiger partial charge on any atom is -0.469 e. The molecule has 2 saturated heterocycles. The van der Waals surface area contributed by atoms with Gasteiger partial charge in [-0.3, -0.25) is 9.78 Å². The molecule has 0 aromatic carbocycles. The van der Waals surface area contributed by atoms with Crippen molar-refractivity contribution in [3.05, 3.63) is 48.2 Å². The average molecular weight is 324 g/mol. The van der Waals surface area contributed by atoms with E-state index in [1.165, 1.54) is 4.90 Å². The van der Waals surface area contributed by atoms with Crippen molar-refractivity contribution < 1.29 is 14.0 Å². The van der Waals surface area contributed by atoms with Gasteiger partial charge in [-0.25, -0.2) is 9.69 Å². The highest BCUT2D eigenvalue weighted by Gasteiger charge is 2.67. The highest BCUT2D eigenvalue weighted by molar-refractivity contribution is 6.24. The Balaban J connectivity index is 1.69. The number of urea groups is 1. The number of rotatable bonds is 1. The number of imide groups is 1. The molecule has 1 spiro atoms. The molecular weight excluding hydrogens is 308 g/mol. The van der Waals surface area contributed by atoms with Crippen LogP contribution in [0.25, 0.3) is 0 Å². The van der Waals surface area contributed by atoms with Crippen LogP contribution in [0.3, 0.4) is 0 Å². The van der Waals surface area contributed by atoms with E-state index in [9.17, 15) is 9.59 Å². The Morgan fingerprint density at radius 3 is 3.00 bits per heavy atom. The standard InChI is InChI=1S/C17H16N4O3/c1-19-9-13-14-11(4-6-24-14)8-20-16(23)21(12-3-2-5-18-7-12)15(22)17(13,20)10-19/h2-7,13H,8-10H2,1H3/t13-,17-/m0/s1. The highest BCUT2D eigenvalue weighted by atomic mass is 16.3. The number of likely N-dealkylation sites (tertiary alicyclic amines) is 1. The van der Waals surface area contributed by atoms with E-state index in [0.717, 1.165) is 11.3 Å². The Morgan fingerprint density at radius 1 is 1.33 bits per heavy atom. The number of carbonyl (C=O) groups is 2. The zero-order valence-electron chi connectivity index (χ0n) is 13.2. The molecule has 0 aliphatic carbocycles. The lowest BCUT2D eigenvalue weighted by molar-refractivity contribution is -0.125. The third-order valence-corrected chi connectivity index (χ3v) is 5.39. The van der Waals surface area contributed by atoms with E-state index in [0.29, 0.717) is 25.3 Å². The third-order valence-electron chi connectivity index (χ3n) is 5.39. The Kier molecular flexibility index (Phi) is 2.55. The first-order valence-corrected chi connectivity index (χ1v) is 7.94. The van der Waals surface area contributed by atoms with Crippen molar-refractivity contribution in [2.45, 2.75) is 18.0 Å². The number of anilines is 1. The Labute approximate surface area is 138 Å². The lowest BCUT2D eigenvalue weighted by Gasteiger charge is -2.39. The monoisotopic (exact) mass is 324 g/mol. The number of hydrogen-bond acceptors (Lipinski definition) is 5. The molecule has 0 radical (unpaired) electrons. The van der Waals surface area contributed by atoms with Crippen molar-refractivity contribution in [1.82, 2.24) is 14.8 Å². The van der Waals surface area contributed by atoms with Gasteiger partial charge in [-0.1, -0.05) is 0 Å². The van der Waals surface area contributed by atoms with E-state index in [1.807, 2.05) is 13.1 Å². The second-order valence-corrected chi connectivity index (χ2v) is 6.70. The van der Waals surface area contributed by atoms with E-state index in [-0.39, 0.29) is 17.9 Å². The Hall–Kier alpha value is -2.67. The highest BCUT2D eigenvalue weighted by Crippen LogP contribution is 2.50. The van der Waals surface area contributed by atoms with E-state index >= 15 is 0 Å². The number of aromatic nitrogens is 1. The van der Waals surface area contributed by atoms with E-state index in [2.05, 4.69) is 9.88 Å². The number of amides is 3. The summed E-state index contributed by atoms with van der Waals surface area (Å²) in [5.41, 5.74) is 0.619. The SMILES string of the molecule is CN1C[C@H]2c3occc3CN3C(=O)N(c4cccnc4)C(=O)[C@]23C1. The van der Waals surface area contributed by atoms with Gasteiger partial charge in [0.25, 0.3) is 5.91 Å². The van der Waals surface area contributed by atoms with Gasteiger partial charge in [-0.15, -0.1) is 0 Å². The van der Waals surface area contributed by atoms with Gasteiger partial charge in [-0.05, 0) is 25.2 Å². The minimum absolute atomic E-state index is 0.139. The fourth-order valence-corrected chi connectivity index (χ4v) is 4.40. The Morgan fingerprint density at radius 2 is 2.21 bits per heavy atom. The molecule has 2 aromatic rings. The van der Waals surface area contributed by atoms with Crippen molar-refractivity contribution in [2.75, 3.05) is 25.0 Å². The van der Waals surface area contributed by atoms with Crippen LogP contribution in [0.1, 0.15) is 17.2 Å². The molecule has 7 heteroatoms. The first-order chi connectivity index (χ1) is 11.6. The number of hydrogen-bond donors (Lipinski definition) is 0. The van der Waals surface area contributed by atoms with E-state index in [1.54, 1.807) is 35.7 Å². The van der Waals surface area contributed by atoms with Gasteiger partial charge in [0.2, 0.25) is 0 Å². The fourth-order valence-electron chi connectivity index (χ4n) is 4.40. The fraction of sp³-hybridized carbons (Fsp3) is 0.353. The maximum Gasteiger partial charge on any atom is 0.332 e. The van der Waals surface area contributed by atoms with Gasteiger partial charge >= 0.3 is 6.03 Å². The maximum atomic E-state index is 13.4. The van der Waals surface area contributed by atoms with Crippen LogP contribution in [0.15, 0.2) is 41.3 Å². The quantitative estimate of drug-likeness (QED) is 0.742. The van der Waals surface area contributed by atoms with Crippen LogP contribution >= 0.6 is 0 Å². The van der Waals surface area contributed by atoms with Crippen LogP contribution in [0, 0.1) is 0 Å². The molecule has 3 aliphatic heterocycles. The first-order valence-electron chi connectivity index (χ1n) is 7.94. The van der Waals surface area contributed by atoms with Crippen molar-refractivity contribution in [3.63, 3.8) is 0 Å². The molecule has 2 atom stereocenters. The van der Waals surface area contributed by atoms with Gasteiger partial charge in [0.15, 0.2) is 0 Å². The van der Waals surface area contributed by atoms with Crippen molar-refractivity contribution in [1.29, 1.82) is 0 Å². The van der Waals surface area contributed by atoms with E-state index < -0.39 is 5.54 Å². The molecule has 2 aromatic heterocycles. The molecule has 5 heterocycles. The lowest BCUT2D eigenvalue weighted by Crippen LogP contribution is -2.56. The number of likely N-dealkylation sites (N-methyl/N-ethyl adjacent to an activating group) is 1. The summed E-state index contributed by atoms with van der Waals surface area (Å²) >= 11 is 0. The molecule has 24 heavy (non-hydrogen) atoms. The van der Waals surface area contributed by atoms with Crippen LogP contribution in [-0.4, -0.2) is 52.4 Å². The van der Waals surface area contributed by atoms with Gasteiger partial charge in [0, 0.05) is 24.8 Å². The summed E-state index contributed by atoms with van der Waals surface area (Å²) in [7, 11) is 1.97. The second-order valence-electron chi connectivity index (χ2n) is 6.70. The molecule has 0 N–H and O–H groups in total. The summed E-state index contributed by atoms with van der Waals surface area (Å²) in [6, 6.07) is 5.08. The number of carbonyl (C=O) groups excluding carboxylic acids is 2. The number of furan rings is 1. The predicted molar refractivity (Wildman–Crippen MR) is 84.3 cm³/mol. The maximum absolute atomic E-state index is 13.4. The van der Waals surface area contributed by atoms with E-state index in [4.69, 9.17) is 4.42 Å². The van der Waals surface area contributed by atoms with Gasteiger partial charge in [0.05, 0.1) is 30.6 Å². The van der Waals surface area contributed by atoms with Crippen molar-refractivity contribution in [2.24, 2.45) is 0 Å². The van der Waals surface area contributed by atoms with Gasteiger partial charge in [0.1, 0.15) is 11.3 Å². The largest absolute Gasteiger partial charge is 0.469 e. The van der Waals surface area contributed by atoms with Crippen LogP contribution in [0.5, 0.6) is 0 Å².